The van der Waals surface area contributed by atoms with Gasteiger partial charge in [0.25, 0.3) is 5.91 Å². The van der Waals surface area contributed by atoms with Crippen molar-refractivity contribution < 1.29 is 18.7 Å². The summed E-state index contributed by atoms with van der Waals surface area (Å²) in [6, 6.07) is 18.8. The van der Waals surface area contributed by atoms with E-state index in [1.165, 1.54) is 18.0 Å². The predicted octanol–water partition coefficient (Wildman–Crippen LogP) is 4.33. The molecule has 162 valence electrons. The number of H-pyrrole nitrogens is 1. The lowest BCUT2D eigenvalue weighted by atomic mass is 10.1. The second-order valence-corrected chi connectivity index (χ2v) is 7.02. The summed E-state index contributed by atoms with van der Waals surface area (Å²) in [6.45, 7) is 2.48. The summed E-state index contributed by atoms with van der Waals surface area (Å²) in [4.78, 5) is 12.3. The lowest BCUT2D eigenvalue weighted by Crippen LogP contribution is -2.17. The summed E-state index contributed by atoms with van der Waals surface area (Å²) < 4.78 is 16.5. The standard InChI is InChI=1S/C24H22N4O4/c1-16-5-7-17(8-6-16)15-32-22-10-9-18(12-23(22)30-2)20-13-21(27-26-20)24(29)28-25-14-19-4-3-11-31-19/h3-14H,15H2,1-2H3,(H,26,27)(H,28,29)/b25-14-. The highest BCUT2D eigenvalue weighted by atomic mass is 16.5. The lowest BCUT2D eigenvalue weighted by Gasteiger charge is -2.12. The summed E-state index contributed by atoms with van der Waals surface area (Å²) in [7, 11) is 1.58. The van der Waals surface area contributed by atoms with Gasteiger partial charge in [-0.1, -0.05) is 29.8 Å². The zero-order valence-electron chi connectivity index (χ0n) is 17.7. The number of hydrogen-bond donors (Lipinski definition) is 2. The van der Waals surface area contributed by atoms with Crippen LogP contribution in [0.5, 0.6) is 11.5 Å². The summed E-state index contributed by atoms with van der Waals surface area (Å²) >= 11 is 0. The lowest BCUT2D eigenvalue weighted by molar-refractivity contribution is 0.0950. The molecule has 0 radical (unpaired) electrons. The maximum absolute atomic E-state index is 12.3. The molecule has 0 unspecified atom stereocenters. The minimum absolute atomic E-state index is 0.273. The molecule has 0 bridgehead atoms. The van der Waals surface area contributed by atoms with Crippen LogP contribution < -0.4 is 14.9 Å². The number of furan rings is 1. The van der Waals surface area contributed by atoms with Gasteiger partial charge >= 0.3 is 0 Å². The van der Waals surface area contributed by atoms with Crippen LogP contribution in [0.25, 0.3) is 11.3 Å². The number of aromatic amines is 1. The number of hydrazone groups is 1. The topological polar surface area (TPSA) is 102 Å². The first-order valence-electron chi connectivity index (χ1n) is 9.91. The molecule has 0 saturated carbocycles. The quantitative estimate of drug-likeness (QED) is 0.320. The fourth-order valence-electron chi connectivity index (χ4n) is 2.96. The third kappa shape index (κ3) is 5.04. The Morgan fingerprint density at radius 1 is 1.16 bits per heavy atom. The Balaban J connectivity index is 1.42. The maximum Gasteiger partial charge on any atom is 0.289 e. The molecule has 0 aliphatic rings. The minimum Gasteiger partial charge on any atom is -0.493 e. The van der Waals surface area contributed by atoms with Crippen molar-refractivity contribution in [3.05, 3.63) is 89.5 Å². The molecule has 0 saturated heterocycles. The van der Waals surface area contributed by atoms with Crippen LogP contribution in [0.2, 0.25) is 0 Å². The molecule has 8 heteroatoms. The first kappa shape index (κ1) is 20.9. The number of amides is 1. The zero-order valence-corrected chi connectivity index (χ0v) is 17.7. The molecule has 1 amide bonds. The molecule has 2 aromatic carbocycles. The predicted molar refractivity (Wildman–Crippen MR) is 120 cm³/mol. The van der Waals surface area contributed by atoms with Gasteiger partial charge in [-0.25, -0.2) is 5.43 Å². The number of nitrogens with zero attached hydrogens (tertiary/aromatic N) is 2. The number of rotatable bonds is 8. The number of nitrogens with one attached hydrogen (secondary N) is 2. The third-order valence-electron chi connectivity index (χ3n) is 4.70. The molecule has 8 nitrogen and oxygen atoms in total. The van der Waals surface area contributed by atoms with E-state index in [0.29, 0.717) is 29.6 Å². The molecule has 0 aliphatic heterocycles. The molecule has 2 N–H and O–H groups in total. The van der Waals surface area contributed by atoms with Crippen molar-refractivity contribution in [3.8, 4) is 22.8 Å². The second kappa shape index (κ2) is 9.65. The van der Waals surface area contributed by atoms with Gasteiger partial charge in [-0.15, -0.1) is 0 Å². The van der Waals surface area contributed by atoms with E-state index in [4.69, 9.17) is 13.9 Å². The Labute approximate surface area is 184 Å². The highest BCUT2D eigenvalue weighted by Gasteiger charge is 2.13. The monoisotopic (exact) mass is 430 g/mol. The number of methoxy groups -OCH3 is 1. The van der Waals surface area contributed by atoms with Crippen molar-refractivity contribution in [2.45, 2.75) is 13.5 Å². The molecule has 2 heterocycles. The molecule has 4 aromatic rings. The molecule has 32 heavy (non-hydrogen) atoms. The van der Waals surface area contributed by atoms with Gasteiger partial charge in [-0.2, -0.15) is 10.2 Å². The van der Waals surface area contributed by atoms with Gasteiger partial charge in [-0.3, -0.25) is 9.89 Å². The van der Waals surface area contributed by atoms with Crippen LogP contribution in [0, 0.1) is 6.92 Å². The van der Waals surface area contributed by atoms with Crippen LogP contribution >= 0.6 is 0 Å². The molecule has 0 fully saturated rings. The summed E-state index contributed by atoms with van der Waals surface area (Å²) in [6.07, 6.45) is 2.94. The number of carbonyl (C=O) groups is 1. The summed E-state index contributed by atoms with van der Waals surface area (Å²) in [5.74, 6) is 1.31. The zero-order chi connectivity index (χ0) is 22.3. The number of aromatic nitrogens is 2. The fourth-order valence-corrected chi connectivity index (χ4v) is 2.96. The van der Waals surface area contributed by atoms with E-state index in [-0.39, 0.29) is 5.69 Å². The van der Waals surface area contributed by atoms with E-state index in [2.05, 4.69) is 20.7 Å². The van der Waals surface area contributed by atoms with Crippen LogP contribution in [-0.4, -0.2) is 29.4 Å². The van der Waals surface area contributed by atoms with Crippen LogP contribution in [-0.2, 0) is 6.61 Å². The average Bonchev–Trinajstić information content (AvgIpc) is 3.51. The Kier molecular flexibility index (Phi) is 6.31. The van der Waals surface area contributed by atoms with E-state index in [1.807, 2.05) is 49.4 Å². The normalized spacial score (nSPS) is 10.9. The van der Waals surface area contributed by atoms with Gasteiger partial charge in [0.2, 0.25) is 0 Å². The molecule has 0 spiro atoms. The fraction of sp³-hybridized carbons (Fsp3) is 0.125. The van der Waals surface area contributed by atoms with Crippen LogP contribution in [0.4, 0.5) is 0 Å². The van der Waals surface area contributed by atoms with Crippen LogP contribution in [0.1, 0.15) is 27.4 Å². The first-order valence-corrected chi connectivity index (χ1v) is 9.91. The van der Waals surface area contributed by atoms with Gasteiger partial charge in [0.05, 0.1) is 25.3 Å². The number of benzene rings is 2. The van der Waals surface area contributed by atoms with Crippen molar-refractivity contribution in [1.82, 2.24) is 15.6 Å². The third-order valence-corrected chi connectivity index (χ3v) is 4.70. The highest BCUT2D eigenvalue weighted by Crippen LogP contribution is 2.32. The number of carbonyl (C=O) groups excluding carboxylic acids is 1. The van der Waals surface area contributed by atoms with Crippen molar-refractivity contribution in [1.29, 1.82) is 0 Å². The minimum atomic E-state index is -0.420. The molecule has 2 aromatic heterocycles. The van der Waals surface area contributed by atoms with E-state index in [9.17, 15) is 4.79 Å². The van der Waals surface area contributed by atoms with Gasteiger partial charge < -0.3 is 13.9 Å². The molecule has 4 rings (SSSR count). The Hall–Kier alpha value is -4.33. The average molecular weight is 430 g/mol. The molecule has 0 aliphatic carbocycles. The van der Waals surface area contributed by atoms with Gasteiger partial charge in [0.1, 0.15) is 18.1 Å². The second-order valence-electron chi connectivity index (χ2n) is 7.02. The summed E-state index contributed by atoms with van der Waals surface area (Å²) in [5.41, 5.74) is 6.34. The van der Waals surface area contributed by atoms with Gasteiger partial charge in [0.15, 0.2) is 11.5 Å². The Morgan fingerprint density at radius 2 is 2.00 bits per heavy atom. The van der Waals surface area contributed by atoms with E-state index < -0.39 is 5.91 Å². The van der Waals surface area contributed by atoms with Crippen molar-refractivity contribution in [2.75, 3.05) is 7.11 Å². The molecular weight excluding hydrogens is 408 g/mol. The Morgan fingerprint density at radius 3 is 2.75 bits per heavy atom. The van der Waals surface area contributed by atoms with Crippen molar-refractivity contribution in [2.24, 2.45) is 5.10 Å². The molecular formula is C24H22N4O4. The summed E-state index contributed by atoms with van der Waals surface area (Å²) in [5, 5.41) is 10.8. The molecule has 0 atom stereocenters. The van der Waals surface area contributed by atoms with Crippen molar-refractivity contribution >= 4 is 12.1 Å². The van der Waals surface area contributed by atoms with E-state index in [1.54, 1.807) is 25.3 Å². The smallest absolute Gasteiger partial charge is 0.289 e. The van der Waals surface area contributed by atoms with Gasteiger partial charge in [0, 0.05) is 5.56 Å². The Bertz CT molecular complexity index is 1210. The van der Waals surface area contributed by atoms with E-state index >= 15 is 0 Å². The highest BCUT2D eigenvalue weighted by molar-refractivity contribution is 5.94. The van der Waals surface area contributed by atoms with Crippen LogP contribution in [0.15, 0.2) is 76.4 Å². The van der Waals surface area contributed by atoms with Crippen molar-refractivity contribution in [3.63, 3.8) is 0 Å². The number of hydrogen-bond acceptors (Lipinski definition) is 6. The number of ether oxygens (including phenoxy) is 2. The van der Waals surface area contributed by atoms with E-state index in [0.717, 1.165) is 11.1 Å². The van der Waals surface area contributed by atoms with Gasteiger partial charge in [-0.05, 0) is 48.9 Å². The maximum atomic E-state index is 12.3. The SMILES string of the molecule is COc1cc(-c2cc(C(=O)N/N=C\c3ccco3)[nH]n2)ccc1OCc1ccc(C)cc1. The van der Waals surface area contributed by atoms with Crippen LogP contribution in [0.3, 0.4) is 0 Å². The first-order chi connectivity index (χ1) is 15.6. The number of aryl methyl sites for hydroxylation is 1. The largest absolute Gasteiger partial charge is 0.493 e.